The molecule has 5 heteroatoms. The molecule has 0 saturated carbocycles. The molecule has 0 aliphatic heterocycles. The van der Waals surface area contributed by atoms with Crippen molar-refractivity contribution >= 4 is 38.3 Å². The third kappa shape index (κ3) is 1.96. The number of halogens is 1. The number of fused-ring (bicyclic) bond motifs is 1. The number of imidazole rings is 1. The van der Waals surface area contributed by atoms with E-state index in [4.69, 9.17) is 0 Å². The zero-order chi connectivity index (χ0) is 14.4. The number of alkyl halides is 1. The number of hydrogen-bond acceptors (Lipinski definition) is 2. The summed E-state index contributed by atoms with van der Waals surface area (Å²) in [6.45, 7) is 2.12. The topological polar surface area (TPSA) is 26.9 Å². The van der Waals surface area contributed by atoms with Crippen LogP contribution in [0.1, 0.15) is 20.8 Å². The van der Waals surface area contributed by atoms with E-state index in [1.807, 2.05) is 13.1 Å². The summed E-state index contributed by atoms with van der Waals surface area (Å²) < 4.78 is 3.37. The van der Waals surface area contributed by atoms with Crippen LogP contribution in [0.5, 0.6) is 0 Å². The predicted molar refractivity (Wildman–Crippen MR) is 88.0 cm³/mol. The normalized spacial score (nSPS) is 13.0. The second-order valence-corrected chi connectivity index (χ2v) is 6.84. The summed E-state index contributed by atoms with van der Waals surface area (Å²) in [6, 6.07) is 8.32. The fourth-order valence-electron chi connectivity index (χ4n) is 2.48. The zero-order valence-electron chi connectivity index (χ0n) is 11.6. The van der Waals surface area contributed by atoms with Crippen molar-refractivity contribution in [3.05, 3.63) is 56.1 Å². The Hall–Kier alpha value is -1.33. The first-order chi connectivity index (χ1) is 9.50. The number of aryl methyl sites for hydroxylation is 3. The molecule has 20 heavy (non-hydrogen) atoms. The number of rotatable bonds is 2. The summed E-state index contributed by atoms with van der Waals surface area (Å²) >= 11 is 5.53. The van der Waals surface area contributed by atoms with Gasteiger partial charge >= 0.3 is 5.69 Å². The third-order valence-electron chi connectivity index (χ3n) is 3.72. The Morgan fingerprint density at radius 3 is 2.50 bits per heavy atom. The summed E-state index contributed by atoms with van der Waals surface area (Å²) in [5.74, 6) is 0. The lowest BCUT2D eigenvalue weighted by molar-refractivity contribution is 0.795. The van der Waals surface area contributed by atoms with Crippen LogP contribution in [0.2, 0.25) is 0 Å². The van der Waals surface area contributed by atoms with E-state index < -0.39 is 0 Å². The largest absolute Gasteiger partial charge is 0.328 e. The van der Waals surface area contributed by atoms with Crippen LogP contribution >= 0.6 is 27.3 Å². The SMILES string of the molecule is Cc1ccsc1C(Br)c1ccc2c(c1)n(C)c(=O)n2C. The van der Waals surface area contributed by atoms with Gasteiger partial charge in [0.05, 0.1) is 15.9 Å². The van der Waals surface area contributed by atoms with E-state index in [9.17, 15) is 4.79 Å². The van der Waals surface area contributed by atoms with Crippen molar-refractivity contribution < 1.29 is 0 Å². The maximum atomic E-state index is 12.0. The molecule has 0 spiro atoms. The molecule has 1 unspecified atom stereocenters. The summed E-state index contributed by atoms with van der Waals surface area (Å²) in [6.07, 6.45) is 0. The first kappa shape index (κ1) is 13.6. The highest BCUT2D eigenvalue weighted by Crippen LogP contribution is 2.37. The van der Waals surface area contributed by atoms with Crippen LogP contribution in [-0.2, 0) is 14.1 Å². The molecule has 0 saturated heterocycles. The second kappa shape index (κ2) is 4.90. The molecule has 0 aliphatic carbocycles. The van der Waals surface area contributed by atoms with Gasteiger partial charge in [0, 0.05) is 19.0 Å². The Labute approximate surface area is 129 Å². The van der Waals surface area contributed by atoms with Crippen molar-refractivity contribution in [1.29, 1.82) is 0 Å². The maximum absolute atomic E-state index is 12.0. The van der Waals surface area contributed by atoms with E-state index in [0.29, 0.717) is 0 Å². The van der Waals surface area contributed by atoms with Gasteiger partial charge < -0.3 is 0 Å². The summed E-state index contributed by atoms with van der Waals surface area (Å²) in [5, 5.41) is 2.11. The average Bonchev–Trinajstić information content (AvgIpc) is 2.97. The highest BCUT2D eigenvalue weighted by molar-refractivity contribution is 9.09. The molecule has 0 N–H and O–H groups in total. The van der Waals surface area contributed by atoms with Crippen LogP contribution < -0.4 is 5.69 Å². The minimum atomic E-state index is 0.00979. The summed E-state index contributed by atoms with van der Waals surface area (Å²) in [5.41, 5.74) is 4.40. The first-order valence-corrected chi connectivity index (χ1v) is 8.13. The highest BCUT2D eigenvalue weighted by Gasteiger charge is 2.16. The summed E-state index contributed by atoms with van der Waals surface area (Å²) in [4.78, 5) is 13.4. The van der Waals surface area contributed by atoms with E-state index in [2.05, 4.69) is 46.4 Å². The third-order valence-corrected chi connectivity index (χ3v) is 6.09. The molecule has 0 aliphatic rings. The average molecular weight is 351 g/mol. The van der Waals surface area contributed by atoms with E-state index in [1.54, 1.807) is 27.5 Å². The minimum Gasteiger partial charge on any atom is -0.295 e. The van der Waals surface area contributed by atoms with Crippen LogP contribution in [0.15, 0.2) is 34.4 Å². The van der Waals surface area contributed by atoms with E-state index in [0.717, 1.165) is 11.0 Å². The fourth-order valence-corrected chi connectivity index (χ4v) is 4.37. The van der Waals surface area contributed by atoms with Gasteiger partial charge in [0.25, 0.3) is 0 Å². The van der Waals surface area contributed by atoms with E-state index in [1.165, 1.54) is 16.0 Å². The van der Waals surface area contributed by atoms with Crippen molar-refractivity contribution in [1.82, 2.24) is 9.13 Å². The molecule has 104 valence electrons. The quantitative estimate of drug-likeness (QED) is 0.647. The molecule has 0 bridgehead atoms. The maximum Gasteiger partial charge on any atom is 0.328 e. The molecular formula is C15H15BrN2OS. The van der Waals surface area contributed by atoms with E-state index >= 15 is 0 Å². The van der Waals surface area contributed by atoms with Crippen molar-refractivity contribution in [2.45, 2.75) is 11.8 Å². The molecule has 3 nitrogen and oxygen atoms in total. The predicted octanol–water partition coefficient (Wildman–Crippen LogP) is 3.73. The lowest BCUT2D eigenvalue weighted by Gasteiger charge is -2.10. The highest BCUT2D eigenvalue weighted by atomic mass is 79.9. The van der Waals surface area contributed by atoms with Gasteiger partial charge in [0.1, 0.15) is 0 Å². The molecule has 3 rings (SSSR count). The Balaban J connectivity index is 2.17. The molecule has 3 aromatic rings. The number of thiophene rings is 1. The monoisotopic (exact) mass is 350 g/mol. The van der Waals surface area contributed by atoms with Crippen molar-refractivity contribution in [3.63, 3.8) is 0 Å². The number of benzene rings is 1. The van der Waals surface area contributed by atoms with Gasteiger partial charge in [-0.2, -0.15) is 0 Å². The molecule has 2 aromatic heterocycles. The zero-order valence-corrected chi connectivity index (χ0v) is 14.0. The smallest absolute Gasteiger partial charge is 0.295 e. The molecule has 1 atom stereocenters. The number of aromatic nitrogens is 2. The van der Waals surface area contributed by atoms with Gasteiger partial charge in [-0.3, -0.25) is 9.13 Å². The summed E-state index contributed by atoms with van der Waals surface area (Å²) in [7, 11) is 3.62. The fraction of sp³-hybridized carbons (Fsp3) is 0.267. The van der Waals surface area contributed by atoms with Crippen LogP contribution in [-0.4, -0.2) is 9.13 Å². The Morgan fingerprint density at radius 1 is 1.15 bits per heavy atom. The van der Waals surface area contributed by atoms with Crippen molar-refractivity contribution in [2.24, 2.45) is 14.1 Å². The van der Waals surface area contributed by atoms with Gasteiger partial charge in [-0.15, -0.1) is 11.3 Å². The number of nitrogens with zero attached hydrogens (tertiary/aromatic N) is 2. The van der Waals surface area contributed by atoms with Crippen molar-refractivity contribution in [3.8, 4) is 0 Å². The molecule has 0 radical (unpaired) electrons. The Bertz CT molecular complexity index is 843. The van der Waals surface area contributed by atoms with Crippen LogP contribution in [0.4, 0.5) is 0 Å². The minimum absolute atomic E-state index is 0.00979. The molecule has 2 heterocycles. The lowest BCUT2D eigenvalue weighted by atomic mass is 10.1. The first-order valence-electron chi connectivity index (χ1n) is 6.34. The van der Waals surface area contributed by atoms with Gasteiger partial charge in [0.15, 0.2) is 0 Å². The Morgan fingerprint density at radius 2 is 1.85 bits per heavy atom. The van der Waals surface area contributed by atoms with Gasteiger partial charge in [-0.05, 0) is 41.6 Å². The number of hydrogen-bond donors (Lipinski definition) is 0. The van der Waals surface area contributed by atoms with Gasteiger partial charge in [0.2, 0.25) is 0 Å². The molecular weight excluding hydrogens is 336 g/mol. The lowest BCUT2D eigenvalue weighted by Crippen LogP contribution is -2.19. The molecule has 1 aromatic carbocycles. The van der Waals surface area contributed by atoms with Gasteiger partial charge in [-0.25, -0.2) is 4.79 Å². The second-order valence-electron chi connectivity index (χ2n) is 4.98. The van der Waals surface area contributed by atoms with Crippen LogP contribution in [0, 0.1) is 6.92 Å². The standard InChI is InChI=1S/C15H15BrN2OS/c1-9-6-7-20-14(9)13(16)10-4-5-11-12(8-10)18(3)15(19)17(11)2/h4-8,13H,1-3H3. The molecule has 0 amide bonds. The van der Waals surface area contributed by atoms with E-state index in [-0.39, 0.29) is 10.5 Å². The Kier molecular flexibility index (Phi) is 3.34. The van der Waals surface area contributed by atoms with Gasteiger partial charge in [-0.1, -0.05) is 22.0 Å². The van der Waals surface area contributed by atoms with Crippen molar-refractivity contribution in [2.75, 3.05) is 0 Å². The molecule has 0 fully saturated rings. The van der Waals surface area contributed by atoms with Crippen LogP contribution in [0.3, 0.4) is 0 Å². The van der Waals surface area contributed by atoms with Crippen LogP contribution in [0.25, 0.3) is 11.0 Å².